The number of aliphatic hydroxyl groups excluding tert-OH is 1. The smallest absolute Gasteiger partial charge is 0.130 e. The molecule has 1 saturated heterocycles. The van der Waals surface area contributed by atoms with Gasteiger partial charge in [-0.25, -0.2) is 0 Å². The zero-order chi connectivity index (χ0) is 16.1. The fourth-order valence-electron chi connectivity index (χ4n) is 3.78. The van der Waals surface area contributed by atoms with Crippen LogP contribution in [0, 0.1) is 0 Å². The Kier molecular flexibility index (Phi) is 5.11. The van der Waals surface area contributed by atoms with Crippen LogP contribution in [0.25, 0.3) is 0 Å². The van der Waals surface area contributed by atoms with Gasteiger partial charge in [0.15, 0.2) is 0 Å². The van der Waals surface area contributed by atoms with Gasteiger partial charge in [0.25, 0.3) is 0 Å². The van der Waals surface area contributed by atoms with Crippen LogP contribution in [-0.4, -0.2) is 40.9 Å². The summed E-state index contributed by atoms with van der Waals surface area (Å²) in [6, 6.07) is 20.0. The van der Waals surface area contributed by atoms with Crippen LogP contribution in [0.1, 0.15) is 30.4 Å². The zero-order valence-corrected chi connectivity index (χ0v) is 13.4. The number of likely N-dealkylation sites (tertiary alicyclic amines) is 1. The molecule has 1 aliphatic heterocycles. The van der Waals surface area contributed by atoms with Crippen molar-refractivity contribution < 1.29 is 10.2 Å². The Morgan fingerprint density at radius 1 is 0.957 bits per heavy atom. The van der Waals surface area contributed by atoms with E-state index in [0.717, 1.165) is 43.5 Å². The van der Waals surface area contributed by atoms with Gasteiger partial charge in [0, 0.05) is 19.2 Å². The summed E-state index contributed by atoms with van der Waals surface area (Å²) >= 11 is 0. The van der Waals surface area contributed by atoms with Crippen LogP contribution in [-0.2, 0) is 5.60 Å². The van der Waals surface area contributed by atoms with Gasteiger partial charge in [-0.1, -0.05) is 60.7 Å². The maximum atomic E-state index is 11.8. The highest BCUT2D eigenvalue weighted by atomic mass is 16.3. The molecule has 2 aromatic rings. The molecule has 0 unspecified atom stereocenters. The van der Waals surface area contributed by atoms with Crippen molar-refractivity contribution in [3.63, 3.8) is 0 Å². The Labute approximate surface area is 138 Å². The number of hydrogen-bond donors (Lipinski definition) is 2. The summed E-state index contributed by atoms with van der Waals surface area (Å²) in [7, 11) is 0. The van der Waals surface area contributed by atoms with Gasteiger partial charge in [-0.15, -0.1) is 0 Å². The maximum absolute atomic E-state index is 11.8. The Hall–Kier alpha value is -1.68. The highest BCUT2D eigenvalue weighted by Crippen LogP contribution is 2.40. The largest absolute Gasteiger partial charge is 0.396 e. The van der Waals surface area contributed by atoms with Gasteiger partial charge < -0.3 is 10.2 Å². The van der Waals surface area contributed by atoms with Crippen molar-refractivity contribution in [1.29, 1.82) is 0 Å². The number of nitrogens with zero attached hydrogens (tertiary/aromatic N) is 1. The molecule has 3 heteroatoms. The lowest BCUT2D eigenvalue weighted by molar-refractivity contribution is -0.00522. The van der Waals surface area contributed by atoms with Gasteiger partial charge in [0.2, 0.25) is 0 Å². The monoisotopic (exact) mass is 311 g/mol. The summed E-state index contributed by atoms with van der Waals surface area (Å²) in [5.41, 5.74) is 0.855. The zero-order valence-electron chi connectivity index (χ0n) is 13.4. The molecule has 2 N–H and O–H groups in total. The lowest BCUT2D eigenvalue weighted by Gasteiger charge is -2.40. The molecule has 0 saturated carbocycles. The van der Waals surface area contributed by atoms with Crippen molar-refractivity contribution in [2.24, 2.45) is 0 Å². The Morgan fingerprint density at radius 3 is 2.04 bits per heavy atom. The van der Waals surface area contributed by atoms with Gasteiger partial charge in [0.1, 0.15) is 5.60 Å². The minimum Gasteiger partial charge on any atom is -0.396 e. The molecule has 1 atom stereocenters. The van der Waals surface area contributed by atoms with Gasteiger partial charge in [-0.3, -0.25) is 4.90 Å². The van der Waals surface area contributed by atoms with Gasteiger partial charge >= 0.3 is 0 Å². The van der Waals surface area contributed by atoms with Crippen molar-refractivity contribution in [3.8, 4) is 0 Å². The van der Waals surface area contributed by atoms with E-state index < -0.39 is 5.60 Å². The van der Waals surface area contributed by atoms with Gasteiger partial charge in [0.05, 0.1) is 0 Å². The van der Waals surface area contributed by atoms with E-state index in [-0.39, 0.29) is 12.6 Å². The van der Waals surface area contributed by atoms with Crippen molar-refractivity contribution in [2.45, 2.75) is 30.9 Å². The summed E-state index contributed by atoms with van der Waals surface area (Å²) in [5.74, 6) is 0. The molecule has 0 aromatic heterocycles. The van der Waals surface area contributed by atoms with E-state index >= 15 is 0 Å². The summed E-state index contributed by atoms with van der Waals surface area (Å²) < 4.78 is 0. The Balaban J connectivity index is 2.02. The van der Waals surface area contributed by atoms with E-state index in [1.165, 1.54) is 0 Å². The van der Waals surface area contributed by atoms with Gasteiger partial charge in [-0.05, 0) is 36.9 Å². The predicted molar refractivity (Wildman–Crippen MR) is 92.2 cm³/mol. The molecule has 3 rings (SSSR count). The number of hydrogen-bond acceptors (Lipinski definition) is 3. The molecule has 0 aliphatic carbocycles. The molecule has 1 aliphatic rings. The van der Waals surface area contributed by atoms with Crippen LogP contribution < -0.4 is 0 Å². The van der Waals surface area contributed by atoms with Crippen LogP contribution >= 0.6 is 0 Å². The molecule has 0 spiro atoms. The van der Waals surface area contributed by atoms with Crippen LogP contribution in [0.15, 0.2) is 60.7 Å². The molecule has 0 radical (unpaired) electrons. The van der Waals surface area contributed by atoms with Crippen LogP contribution in [0.3, 0.4) is 0 Å². The quantitative estimate of drug-likeness (QED) is 0.862. The van der Waals surface area contributed by atoms with E-state index in [1.54, 1.807) is 0 Å². The van der Waals surface area contributed by atoms with Crippen molar-refractivity contribution >= 4 is 0 Å². The SMILES string of the molecule is OCCCN1CCC[C@H]1C(O)(c1ccccc1)c1ccccc1. The van der Waals surface area contributed by atoms with Crippen LogP contribution in [0.5, 0.6) is 0 Å². The summed E-state index contributed by atoms with van der Waals surface area (Å²) in [6.07, 6.45) is 2.79. The fourth-order valence-corrected chi connectivity index (χ4v) is 3.78. The van der Waals surface area contributed by atoms with Gasteiger partial charge in [-0.2, -0.15) is 0 Å². The molecule has 1 fully saturated rings. The molecule has 23 heavy (non-hydrogen) atoms. The third-order valence-electron chi connectivity index (χ3n) is 4.88. The van der Waals surface area contributed by atoms with Crippen LogP contribution in [0.2, 0.25) is 0 Å². The van der Waals surface area contributed by atoms with Crippen molar-refractivity contribution in [2.75, 3.05) is 19.7 Å². The first-order chi connectivity index (χ1) is 11.3. The van der Waals surface area contributed by atoms with Crippen LogP contribution in [0.4, 0.5) is 0 Å². The normalized spacial score (nSPS) is 19.1. The first kappa shape index (κ1) is 16.2. The minimum absolute atomic E-state index is 0.0406. The molecular weight excluding hydrogens is 286 g/mol. The fraction of sp³-hybridized carbons (Fsp3) is 0.400. The van der Waals surface area contributed by atoms with E-state index in [0.29, 0.717) is 0 Å². The highest BCUT2D eigenvalue weighted by Gasteiger charge is 2.44. The van der Waals surface area contributed by atoms with E-state index in [2.05, 4.69) is 4.90 Å². The first-order valence-electron chi connectivity index (χ1n) is 8.45. The second-order valence-corrected chi connectivity index (χ2v) is 6.27. The lowest BCUT2D eigenvalue weighted by Crippen LogP contribution is -2.48. The third kappa shape index (κ3) is 3.18. The predicted octanol–water partition coefficient (Wildman–Crippen LogP) is 2.77. The summed E-state index contributed by atoms with van der Waals surface area (Å²) in [6.45, 7) is 1.99. The van der Waals surface area contributed by atoms with E-state index in [9.17, 15) is 5.11 Å². The molecule has 122 valence electrons. The molecule has 1 heterocycles. The van der Waals surface area contributed by atoms with Crippen molar-refractivity contribution in [3.05, 3.63) is 71.8 Å². The average molecular weight is 311 g/mol. The Bertz CT molecular complexity index is 560. The number of benzene rings is 2. The second-order valence-electron chi connectivity index (χ2n) is 6.27. The van der Waals surface area contributed by atoms with Crippen molar-refractivity contribution in [1.82, 2.24) is 4.90 Å². The number of aliphatic hydroxyl groups is 2. The molecule has 0 amide bonds. The Morgan fingerprint density at radius 2 is 1.52 bits per heavy atom. The first-order valence-corrected chi connectivity index (χ1v) is 8.45. The average Bonchev–Trinajstić information content (AvgIpc) is 3.10. The molecular formula is C20H25NO2. The highest BCUT2D eigenvalue weighted by molar-refractivity contribution is 5.38. The minimum atomic E-state index is -1.02. The lowest BCUT2D eigenvalue weighted by atomic mass is 9.79. The standard InChI is InChI=1S/C20H25NO2/c22-16-8-15-21-14-7-13-19(21)20(23,17-9-3-1-4-10-17)18-11-5-2-6-12-18/h1-6,9-12,19,22-23H,7-8,13-16H2/t19-/m0/s1. The molecule has 2 aromatic carbocycles. The third-order valence-corrected chi connectivity index (χ3v) is 4.88. The maximum Gasteiger partial charge on any atom is 0.130 e. The number of rotatable bonds is 6. The van der Waals surface area contributed by atoms with E-state index in [1.807, 2.05) is 60.7 Å². The summed E-state index contributed by atoms with van der Waals surface area (Å²) in [5, 5.41) is 21.0. The topological polar surface area (TPSA) is 43.7 Å². The second kappa shape index (κ2) is 7.26. The molecule has 3 nitrogen and oxygen atoms in total. The van der Waals surface area contributed by atoms with E-state index in [4.69, 9.17) is 5.11 Å². The summed E-state index contributed by atoms with van der Waals surface area (Å²) in [4.78, 5) is 2.33. The molecule has 0 bridgehead atoms.